The summed E-state index contributed by atoms with van der Waals surface area (Å²) in [7, 11) is -4.50. The van der Waals surface area contributed by atoms with Crippen LogP contribution in [0, 0.1) is 0 Å². The average molecular weight is 258 g/mol. The van der Waals surface area contributed by atoms with Crippen LogP contribution in [-0.4, -0.2) is 23.3 Å². The van der Waals surface area contributed by atoms with Crippen LogP contribution in [0.1, 0.15) is 0 Å². The molecule has 0 rings (SSSR count). The molecule has 0 aliphatic heterocycles. The van der Waals surface area contributed by atoms with Crippen LogP contribution >= 0.6 is 0 Å². The third-order valence-electron chi connectivity index (χ3n) is 0. The van der Waals surface area contributed by atoms with E-state index in [2.05, 4.69) is 0 Å². The Kier molecular flexibility index (Phi) is 171. The summed E-state index contributed by atoms with van der Waals surface area (Å²) < 4.78 is 29.2. The topological polar surface area (TPSA) is 69.2 Å². The summed E-state index contributed by atoms with van der Waals surface area (Å²) in [6.45, 7) is 0. The molecule has 0 saturated heterocycles. The van der Waals surface area contributed by atoms with E-state index in [9.17, 15) is 12.9 Å². The van der Waals surface area contributed by atoms with Crippen molar-refractivity contribution in [1.82, 2.24) is 0 Å². The molecular formula is H3B3F3K3O3. The molecule has 0 aromatic rings. The van der Waals surface area contributed by atoms with Crippen molar-refractivity contribution >= 4 is 23.3 Å². The predicted octanol–water partition coefficient (Wildman–Crippen LogP) is -13.2. The summed E-state index contributed by atoms with van der Waals surface area (Å²) in [6.07, 6.45) is 0. The molecule has 0 heterocycles. The number of halogens is 3. The van der Waals surface area contributed by atoms with E-state index in [0.29, 0.717) is 0 Å². The Morgan fingerprint density at radius 2 is 0.583 bits per heavy atom. The molecule has 0 saturated carbocycles. The maximum atomic E-state index is 9.74. The van der Waals surface area contributed by atoms with Gasteiger partial charge in [0.05, 0.1) is 0 Å². The fourth-order valence-corrected chi connectivity index (χ4v) is 0. The van der Waals surface area contributed by atoms with Gasteiger partial charge in [-0.05, 0) is 0 Å². The van der Waals surface area contributed by atoms with Crippen molar-refractivity contribution in [2.24, 2.45) is 0 Å². The Balaban J connectivity index is -0.00000001000. The molecular weight excluding hydrogens is 255 g/mol. The molecule has 12 heteroatoms. The zero-order valence-electron chi connectivity index (χ0n) is 7.48. The van der Waals surface area contributed by atoms with Gasteiger partial charge < -0.3 is 28.0 Å². The first-order valence-corrected chi connectivity index (χ1v) is 1.67. The maximum Gasteiger partial charge on any atom is 1.00 e. The van der Waals surface area contributed by atoms with E-state index in [1.165, 1.54) is 0 Å². The molecule has 0 N–H and O–H groups in total. The monoisotopic (exact) mass is 258 g/mol. The molecule has 0 aliphatic carbocycles. The molecule has 54 valence electrons. The van der Waals surface area contributed by atoms with Crippen molar-refractivity contribution < 1.29 is 182 Å². The third kappa shape index (κ3) is 123. The van der Waals surface area contributed by atoms with Crippen LogP contribution in [-0.2, 0) is 0 Å². The van der Waals surface area contributed by atoms with Gasteiger partial charge in [-0.25, -0.2) is 0 Å². The van der Waals surface area contributed by atoms with Crippen LogP contribution in [0.2, 0.25) is 0 Å². The molecule has 0 aromatic heterocycles. The minimum atomic E-state index is -1.50. The van der Waals surface area contributed by atoms with E-state index in [4.69, 9.17) is 15.1 Å². The zero-order valence-corrected chi connectivity index (χ0v) is 16.8. The summed E-state index contributed by atoms with van der Waals surface area (Å²) in [5.41, 5.74) is 0. The second-order valence-electron chi connectivity index (χ2n) is 0.327. The summed E-state index contributed by atoms with van der Waals surface area (Å²) in [5, 5.41) is 24.8. The van der Waals surface area contributed by atoms with Gasteiger partial charge in [-0.2, -0.15) is 0 Å². The first-order valence-electron chi connectivity index (χ1n) is 1.67. The van der Waals surface area contributed by atoms with Gasteiger partial charge in [0.15, 0.2) is 0 Å². The fourth-order valence-electron chi connectivity index (χ4n) is 0. The second kappa shape index (κ2) is 57.0. The molecule has 0 spiro atoms. The first-order chi connectivity index (χ1) is 4.24. The predicted molar refractivity (Wildman–Crippen MR) is 24.8 cm³/mol. The third-order valence-corrected chi connectivity index (χ3v) is 0. The van der Waals surface area contributed by atoms with E-state index in [1.807, 2.05) is 0 Å². The van der Waals surface area contributed by atoms with Crippen LogP contribution in [0.15, 0.2) is 0 Å². The van der Waals surface area contributed by atoms with Gasteiger partial charge in [0.2, 0.25) is 23.3 Å². The summed E-state index contributed by atoms with van der Waals surface area (Å²) >= 11 is 0. The number of hydrogen-bond donors (Lipinski definition) is 0. The minimum absolute atomic E-state index is 0. The maximum absolute atomic E-state index is 9.74. The Bertz CT molecular complexity index is 28.8. The van der Waals surface area contributed by atoms with Crippen molar-refractivity contribution in [3.8, 4) is 0 Å². The Labute approximate surface area is 199 Å². The molecule has 0 bridgehead atoms. The van der Waals surface area contributed by atoms with Crippen LogP contribution in [0.3, 0.4) is 0 Å². The molecule has 3 nitrogen and oxygen atoms in total. The van der Waals surface area contributed by atoms with Crippen LogP contribution < -0.4 is 169 Å². The van der Waals surface area contributed by atoms with Gasteiger partial charge in [-0.3, -0.25) is 0 Å². The van der Waals surface area contributed by atoms with E-state index in [1.54, 1.807) is 0 Å². The molecule has 0 aromatic carbocycles. The molecule has 0 unspecified atom stereocenters. The SMILES string of the molecule is [K+].[K+].[K+].[O-]BF.[O-]BF.[O-]BF. The molecule has 0 fully saturated rings. The Hall–Kier alpha value is 4.77. The average Bonchev–Trinajstić information content (AvgIpc) is 1.70. The van der Waals surface area contributed by atoms with Crippen molar-refractivity contribution in [3.63, 3.8) is 0 Å². The fraction of sp³-hybridized carbons (Fsp3) is 0. The van der Waals surface area contributed by atoms with Crippen molar-refractivity contribution in [2.45, 2.75) is 0 Å². The molecule has 0 aliphatic rings. The molecule has 0 atom stereocenters. The van der Waals surface area contributed by atoms with E-state index in [-0.39, 0.29) is 154 Å². The van der Waals surface area contributed by atoms with Crippen molar-refractivity contribution in [2.75, 3.05) is 0 Å². The van der Waals surface area contributed by atoms with Gasteiger partial charge >= 0.3 is 154 Å². The van der Waals surface area contributed by atoms with Gasteiger partial charge in [-0.1, -0.05) is 0 Å². The van der Waals surface area contributed by atoms with Crippen LogP contribution in [0.4, 0.5) is 12.9 Å². The number of rotatable bonds is 0. The van der Waals surface area contributed by atoms with E-state index < -0.39 is 23.3 Å². The van der Waals surface area contributed by atoms with Gasteiger partial charge in [0.25, 0.3) is 0 Å². The first kappa shape index (κ1) is 36.0. The van der Waals surface area contributed by atoms with Crippen LogP contribution in [0.5, 0.6) is 0 Å². The summed E-state index contributed by atoms with van der Waals surface area (Å²) in [6, 6.07) is 0. The van der Waals surface area contributed by atoms with Crippen molar-refractivity contribution in [1.29, 1.82) is 0 Å². The molecule has 0 radical (unpaired) electrons. The Morgan fingerprint density at radius 1 is 0.583 bits per heavy atom. The van der Waals surface area contributed by atoms with E-state index in [0.717, 1.165) is 0 Å². The van der Waals surface area contributed by atoms with E-state index >= 15 is 0 Å². The molecule has 12 heavy (non-hydrogen) atoms. The second-order valence-corrected chi connectivity index (χ2v) is 0.327. The zero-order chi connectivity index (χ0) is 8.12. The van der Waals surface area contributed by atoms with Gasteiger partial charge in [-0.15, -0.1) is 0 Å². The molecule has 0 amide bonds. The normalized spacial score (nSPS) is 3.50. The smallest absolute Gasteiger partial charge is 0.855 e. The standard InChI is InChI=1S/3BFHO.3K/c3*2-1-3;;;/h3*1H;;;/q3*-1;3*+1. The largest absolute Gasteiger partial charge is 1.00 e. The van der Waals surface area contributed by atoms with Crippen LogP contribution in [0.25, 0.3) is 0 Å². The number of hydrogen-bond acceptors (Lipinski definition) is 3. The quantitative estimate of drug-likeness (QED) is 0.405. The summed E-state index contributed by atoms with van der Waals surface area (Å²) in [5.74, 6) is 0. The minimum Gasteiger partial charge on any atom is -0.855 e. The van der Waals surface area contributed by atoms with Gasteiger partial charge in [0, 0.05) is 0 Å². The van der Waals surface area contributed by atoms with Gasteiger partial charge in [0.1, 0.15) is 0 Å². The van der Waals surface area contributed by atoms with Crippen molar-refractivity contribution in [3.05, 3.63) is 0 Å². The summed E-state index contributed by atoms with van der Waals surface area (Å²) in [4.78, 5) is 0. The Morgan fingerprint density at radius 3 is 0.583 bits per heavy atom.